The van der Waals surface area contributed by atoms with E-state index in [1.807, 2.05) is 49.3 Å². The lowest BCUT2D eigenvalue weighted by Crippen LogP contribution is -2.32. The molecule has 0 bridgehead atoms. The molecule has 2 aromatic rings. The van der Waals surface area contributed by atoms with Crippen LogP contribution in [0, 0.1) is 11.3 Å². The summed E-state index contributed by atoms with van der Waals surface area (Å²) >= 11 is 0. The Bertz CT molecular complexity index is 671. The number of hydrogen-bond acceptors (Lipinski definition) is 3. The van der Waals surface area contributed by atoms with Crippen LogP contribution < -0.4 is 5.32 Å². The lowest BCUT2D eigenvalue weighted by atomic mass is 10.0. The van der Waals surface area contributed by atoms with Crippen molar-refractivity contribution in [1.82, 2.24) is 10.2 Å². The molecule has 102 valence electrons. The standard InChI is InChI=1S/C16H17N3O/c1-19(2)11-16(20)18-10-13-4-6-14-5-3-12(9-17)7-15(14)8-13/h3-8H,10-11H2,1-2H3,(H,18,20). The number of carbonyl (C=O) groups is 1. The minimum absolute atomic E-state index is 0.000808. The highest BCUT2D eigenvalue weighted by molar-refractivity contribution is 5.84. The van der Waals surface area contributed by atoms with Gasteiger partial charge in [0.2, 0.25) is 5.91 Å². The Kier molecular flexibility index (Phi) is 4.34. The van der Waals surface area contributed by atoms with Crippen LogP contribution in [0.3, 0.4) is 0 Å². The molecule has 0 aromatic heterocycles. The summed E-state index contributed by atoms with van der Waals surface area (Å²) in [5.41, 5.74) is 1.67. The van der Waals surface area contributed by atoms with Crippen LogP contribution >= 0.6 is 0 Å². The zero-order valence-electron chi connectivity index (χ0n) is 11.7. The van der Waals surface area contributed by atoms with Crippen molar-refractivity contribution < 1.29 is 4.79 Å². The molecule has 1 amide bonds. The topological polar surface area (TPSA) is 56.1 Å². The lowest BCUT2D eigenvalue weighted by molar-refractivity contribution is -0.121. The van der Waals surface area contributed by atoms with Gasteiger partial charge in [0.25, 0.3) is 0 Å². The molecule has 20 heavy (non-hydrogen) atoms. The Morgan fingerprint density at radius 3 is 2.65 bits per heavy atom. The van der Waals surface area contributed by atoms with Crippen LogP contribution in [-0.2, 0) is 11.3 Å². The number of likely N-dealkylation sites (N-methyl/N-ethyl adjacent to an activating group) is 1. The number of fused-ring (bicyclic) bond motifs is 1. The van der Waals surface area contributed by atoms with Crippen molar-refractivity contribution in [2.24, 2.45) is 0 Å². The third kappa shape index (κ3) is 3.56. The second-order valence-corrected chi connectivity index (χ2v) is 5.02. The van der Waals surface area contributed by atoms with E-state index in [4.69, 9.17) is 5.26 Å². The Labute approximate surface area is 118 Å². The van der Waals surface area contributed by atoms with Crippen LogP contribution in [-0.4, -0.2) is 31.4 Å². The summed E-state index contributed by atoms with van der Waals surface area (Å²) in [5, 5.41) is 13.9. The average molecular weight is 267 g/mol. The molecule has 0 saturated heterocycles. The fourth-order valence-electron chi connectivity index (χ4n) is 2.02. The van der Waals surface area contributed by atoms with Crippen molar-refractivity contribution >= 4 is 16.7 Å². The highest BCUT2D eigenvalue weighted by atomic mass is 16.1. The Hall–Kier alpha value is -2.38. The molecule has 0 aliphatic rings. The molecule has 0 radical (unpaired) electrons. The van der Waals surface area contributed by atoms with Crippen molar-refractivity contribution in [2.75, 3.05) is 20.6 Å². The molecule has 1 N–H and O–H groups in total. The van der Waals surface area contributed by atoms with Gasteiger partial charge in [-0.3, -0.25) is 4.79 Å². The summed E-state index contributed by atoms with van der Waals surface area (Å²) in [6.45, 7) is 0.881. The SMILES string of the molecule is CN(C)CC(=O)NCc1ccc2ccc(C#N)cc2c1. The first-order valence-electron chi connectivity index (χ1n) is 6.43. The van der Waals surface area contributed by atoms with Gasteiger partial charge in [-0.05, 0) is 48.6 Å². The summed E-state index contributed by atoms with van der Waals surface area (Å²) < 4.78 is 0. The Morgan fingerprint density at radius 1 is 1.20 bits per heavy atom. The minimum atomic E-state index is 0.000808. The van der Waals surface area contributed by atoms with Crippen molar-refractivity contribution in [3.05, 3.63) is 47.5 Å². The van der Waals surface area contributed by atoms with Crippen LogP contribution in [0.4, 0.5) is 0 Å². The number of nitrogens with one attached hydrogen (secondary N) is 1. The van der Waals surface area contributed by atoms with Gasteiger partial charge in [0.15, 0.2) is 0 Å². The summed E-state index contributed by atoms with van der Waals surface area (Å²) in [6, 6.07) is 13.7. The van der Waals surface area contributed by atoms with Crippen LogP contribution in [0.25, 0.3) is 10.8 Å². The van der Waals surface area contributed by atoms with E-state index in [1.54, 1.807) is 6.07 Å². The number of nitrogens with zero attached hydrogens (tertiary/aromatic N) is 2. The fraction of sp³-hybridized carbons (Fsp3) is 0.250. The summed E-state index contributed by atoms with van der Waals surface area (Å²) in [6.07, 6.45) is 0. The monoisotopic (exact) mass is 267 g/mol. The zero-order chi connectivity index (χ0) is 14.5. The first kappa shape index (κ1) is 14.0. The number of carbonyl (C=O) groups excluding carboxylic acids is 1. The smallest absolute Gasteiger partial charge is 0.234 e. The molecule has 0 saturated carbocycles. The van der Waals surface area contributed by atoms with Gasteiger partial charge in [-0.15, -0.1) is 0 Å². The van der Waals surface area contributed by atoms with Crippen LogP contribution in [0.2, 0.25) is 0 Å². The first-order valence-corrected chi connectivity index (χ1v) is 6.43. The van der Waals surface area contributed by atoms with Gasteiger partial charge in [0.1, 0.15) is 0 Å². The molecule has 0 aliphatic heterocycles. The molecule has 0 spiro atoms. The maximum atomic E-state index is 11.6. The van der Waals surface area contributed by atoms with Crippen molar-refractivity contribution in [3.63, 3.8) is 0 Å². The van der Waals surface area contributed by atoms with E-state index in [2.05, 4.69) is 11.4 Å². The second-order valence-electron chi connectivity index (χ2n) is 5.02. The number of amides is 1. The van der Waals surface area contributed by atoms with Gasteiger partial charge in [-0.25, -0.2) is 0 Å². The second kappa shape index (κ2) is 6.18. The lowest BCUT2D eigenvalue weighted by Gasteiger charge is -2.10. The molecule has 2 rings (SSSR count). The molecule has 0 atom stereocenters. The highest BCUT2D eigenvalue weighted by Gasteiger charge is 2.03. The molecule has 4 heteroatoms. The quantitative estimate of drug-likeness (QED) is 0.920. The minimum Gasteiger partial charge on any atom is -0.351 e. The number of nitriles is 1. The van der Waals surface area contributed by atoms with E-state index in [-0.39, 0.29) is 5.91 Å². The highest BCUT2D eigenvalue weighted by Crippen LogP contribution is 2.17. The number of rotatable bonds is 4. The average Bonchev–Trinajstić information content (AvgIpc) is 2.43. The van der Waals surface area contributed by atoms with Crippen LogP contribution in [0.15, 0.2) is 36.4 Å². The Morgan fingerprint density at radius 2 is 1.95 bits per heavy atom. The van der Waals surface area contributed by atoms with Crippen LogP contribution in [0.5, 0.6) is 0 Å². The molecule has 0 unspecified atom stereocenters. The van der Waals surface area contributed by atoms with E-state index < -0.39 is 0 Å². The first-order chi connectivity index (χ1) is 9.58. The zero-order valence-corrected chi connectivity index (χ0v) is 11.7. The maximum Gasteiger partial charge on any atom is 0.234 e. The molecule has 0 fully saturated rings. The fourth-order valence-corrected chi connectivity index (χ4v) is 2.02. The normalized spacial score (nSPS) is 10.5. The van der Waals surface area contributed by atoms with E-state index in [0.717, 1.165) is 16.3 Å². The van der Waals surface area contributed by atoms with Crippen molar-refractivity contribution in [1.29, 1.82) is 5.26 Å². The maximum absolute atomic E-state index is 11.6. The van der Waals surface area contributed by atoms with Gasteiger partial charge in [-0.1, -0.05) is 18.2 Å². The van der Waals surface area contributed by atoms with Gasteiger partial charge in [0, 0.05) is 6.54 Å². The number of benzene rings is 2. The third-order valence-corrected chi connectivity index (χ3v) is 2.98. The van der Waals surface area contributed by atoms with Gasteiger partial charge < -0.3 is 10.2 Å². The van der Waals surface area contributed by atoms with Gasteiger partial charge in [-0.2, -0.15) is 5.26 Å². The van der Waals surface area contributed by atoms with Gasteiger partial charge in [0.05, 0.1) is 18.2 Å². The van der Waals surface area contributed by atoms with E-state index >= 15 is 0 Å². The molecule has 0 heterocycles. The molecular formula is C16H17N3O. The van der Waals surface area contributed by atoms with Crippen LogP contribution in [0.1, 0.15) is 11.1 Å². The number of hydrogen-bond donors (Lipinski definition) is 1. The predicted octanol–water partition coefficient (Wildman–Crippen LogP) is 1.89. The van der Waals surface area contributed by atoms with Crippen molar-refractivity contribution in [2.45, 2.75) is 6.54 Å². The van der Waals surface area contributed by atoms with E-state index in [0.29, 0.717) is 18.7 Å². The Balaban J connectivity index is 2.11. The van der Waals surface area contributed by atoms with E-state index in [9.17, 15) is 4.79 Å². The third-order valence-electron chi connectivity index (χ3n) is 2.98. The van der Waals surface area contributed by atoms with E-state index in [1.165, 1.54) is 0 Å². The van der Waals surface area contributed by atoms with Gasteiger partial charge >= 0.3 is 0 Å². The summed E-state index contributed by atoms with van der Waals surface area (Å²) in [7, 11) is 3.72. The molecule has 0 aliphatic carbocycles. The van der Waals surface area contributed by atoms with Crippen molar-refractivity contribution in [3.8, 4) is 6.07 Å². The predicted molar refractivity (Wildman–Crippen MR) is 79.1 cm³/mol. The molecule has 2 aromatic carbocycles. The molecular weight excluding hydrogens is 250 g/mol. The summed E-state index contributed by atoms with van der Waals surface area (Å²) in [4.78, 5) is 13.4. The largest absolute Gasteiger partial charge is 0.351 e. The summed E-state index contributed by atoms with van der Waals surface area (Å²) in [5.74, 6) is 0.000808. The molecule has 4 nitrogen and oxygen atoms in total.